The summed E-state index contributed by atoms with van der Waals surface area (Å²) in [5.41, 5.74) is 0.744. The van der Waals surface area contributed by atoms with E-state index in [-0.39, 0.29) is 0 Å². The minimum Gasteiger partial charge on any atom is -0.337 e. The van der Waals surface area contributed by atoms with Crippen molar-refractivity contribution in [1.29, 1.82) is 0 Å². The van der Waals surface area contributed by atoms with E-state index in [4.69, 9.17) is 4.52 Å². The van der Waals surface area contributed by atoms with Crippen molar-refractivity contribution in [2.75, 3.05) is 0 Å². The Kier molecular flexibility index (Phi) is 3.32. The molecule has 2 aromatic heterocycles. The third-order valence-corrected chi connectivity index (χ3v) is 3.26. The molecule has 5 heteroatoms. The van der Waals surface area contributed by atoms with Crippen LogP contribution in [0.25, 0.3) is 11.5 Å². The monoisotopic (exact) mass is 244 g/mol. The Balaban J connectivity index is 1.63. The Morgan fingerprint density at radius 3 is 2.94 bits per heavy atom. The summed E-state index contributed by atoms with van der Waals surface area (Å²) < 4.78 is 5.22. The van der Waals surface area contributed by atoms with Crippen LogP contribution in [0.2, 0.25) is 0 Å². The molecule has 1 saturated carbocycles. The van der Waals surface area contributed by atoms with Crippen molar-refractivity contribution < 1.29 is 4.52 Å². The summed E-state index contributed by atoms with van der Waals surface area (Å²) in [4.78, 5) is 8.53. The molecule has 1 fully saturated rings. The largest absolute Gasteiger partial charge is 0.337 e. The fourth-order valence-electron chi connectivity index (χ4n) is 2.29. The van der Waals surface area contributed by atoms with E-state index in [1.807, 2.05) is 18.2 Å². The van der Waals surface area contributed by atoms with Crippen LogP contribution in [-0.4, -0.2) is 21.2 Å². The van der Waals surface area contributed by atoms with Gasteiger partial charge in [0, 0.05) is 12.2 Å². The molecule has 0 aromatic carbocycles. The van der Waals surface area contributed by atoms with E-state index in [9.17, 15) is 0 Å². The van der Waals surface area contributed by atoms with Crippen LogP contribution in [0, 0.1) is 0 Å². The molecule has 0 unspecified atom stereocenters. The predicted molar refractivity (Wildman–Crippen MR) is 66.6 cm³/mol. The van der Waals surface area contributed by atoms with E-state index in [1.165, 1.54) is 25.7 Å². The number of aromatic nitrogens is 3. The number of hydrogen-bond acceptors (Lipinski definition) is 5. The smallest absolute Gasteiger partial charge is 0.240 e. The lowest BCUT2D eigenvalue weighted by Crippen LogP contribution is -2.25. The van der Waals surface area contributed by atoms with Crippen molar-refractivity contribution in [3.8, 4) is 11.5 Å². The van der Waals surface area contributed by atoms with Gasteiger partial charge in [-0.15, -0.1) is 0 Å². The van der Waals surface area contributed by atoms with Crippen molar-refractivity contribution in [2.45, 2.75) is 38.3 Å². The maximum absolute atomic E-state index is 5.22. The van der Waals surface area contributed by atoms with Gasteiger partial charge in [-0.05, 0) is 25.0 Å². The van der Waals surface area contributed by atoms with Gasteiger partial charge >= 0.3 is 0 Å². The minimum absolute atomic E-state index is 0.554. The molecule has 1 N–H and O–H groups in total. The quantitative estimate of drug-likeness (QED) is 0.892. The highest BCUT2D eigenvalue weighted by atomic mass is 16.5. The van der Waals surface area contributed by atoms with Crippen molar-refractivity contribution in [1.82, 2.24) is 20.4 Å². The first kappa shape index (κ1) is 11.3. The predicted octanol–water partition coefficient (Wildman–Crippen LogP) is 2.16. The lowest BCUT2D eigenvalue weighted by molar-refractivity contribution is 0.357. The number of rotatable bonds is 4. The zero-order chi connectivity index (χ0) is 12.2. The summed E-state index contributed by atoms with van der Waals surface area (Å²) in [5.74, 6) is 1.18. The molecular formula is C13H16N4O. The van der Waals surface area contributed by atoms with Crippen LogP contribution >= 0.6 is 0 Å². The summed E-state index contributed by atoms with van der Waals surface area (Å²) in [7, 11) is 0. The third kappa shape index (κ3) is 2.56. The molecular weight excluding hydrogens is 228 g/mol. The summed E-state index contributed by atoms with van der Waals surface area (Å²) in [6, 6.07) is 6.26. The van der Waals surface area contributed by atoms with Gasteiger partial charge in [-0.2, -0.15) is 4.98 Å². The van der Waals surface area contributed by atoms with Crippen molar-refractivity contribution >= 4 is 0 Å². The van der Waals surface area contributed by atoms with Crippen molar-refractivity contribution in [3.05, 3.63) is 30.3 Å². The number of pyridine rings is 1. The van der Waals surface area contributed by atoms with Crippen LogP contribution in [0.4, 0.5) is 0 Å². The molecule has 94 valence electrons. The van der Waals surface area contributed by atoms with E-state index < -0.39 is 0 Å². The molecule has 0 spiro atoms. The normalized spacial score (nSPS) is 16.2. The third-order valence-electron chi connectivity index (χ3n) is 3.26. The van der Waals surface area contributed by atoms with Gasteiger partial charge in [0.15, 0.2) is 0 Å². The molecule has 0 aliphatic heterocycles. The van der Waals surface area contributed by atoms with Gasteiger partial charge in [-0.3, -0.25) is 4.98 Å². The summed E-state index contributed by atoms with van der Waals surface area (Å²) in [6.07, 6.45) is 6.87. The topological polar surface area (TPSA) is 63.8 Å². The second kappa shape index (κ2) is 5.27. The highest BCUT2D eigenvalue weighted by Crippen LogP contribution is 2.18. The molecule has 0 bridgehead atoms. The lowest BCUT2D eigenvalue weighted by atomic mass is 10.2. The second-order valence-electron chi connectivity index (χ2n) is 4.59. The molecule has 3 rings (SSSR count). The Morgan fingerprint density at radius 1 is 1.28 bits per heavy atom. The minimum atomic E-state index is 0.554. The maximum Gasteiger partial charge on any atom is 0.240 e. The Labute approximate surface area is 106 Å². The Morgan fingerprint density at radius 2 is 2.17 bits per heavy atom. The average molecular weight is 244 g/mol. The van der Waals surface area contributed by atoms with Gasteiger partial charge in [0.05, 0.1) is 6.54 Å². The maximum atomic E-state index is 5.22. The molecule has 0 radical (unpaired) electrons. The summed E-state index contributed by atoms with van der Waals surface area (Å²) in [5, 5.41) is 7.39. The molecule has 5 nitrogen and oxygen atoms in total. The van der Waals surface area contributed by atoms with Gasteiger partial charge in [-0.1, -0.05) is 24.1 Å². The second-order valence-corrected chi connectivity index (χ2v) is 4.59. The molecule has 18 heavy (non-hydrogen) atoms. The van der Waals surface area contributed by atoms with E-state index in [1.54, 1.807) is 6.20 Å². The molecule has 0 amide bonds. The van der Waals surface area contributed by atoms with Crippen molar-refractivity contribution in [3.63, 3.8) is 0 Å². The zero-order valence-electron chi connectivity index (χ0n) is 10.2. The van der Waals surface area contributed by atoms with E-state index in [0.29, 0.717) is 24.3 Å². The van der Waals surface area contributed by atoms with Crippen LogP contribution in [0.3, 0.4) is 0 Å². The first-order valence-corrected chi connectivity index (χ1v) is 6.39. The average Bonchev–Trinajstić information content (AvgIpc) is 3.09. The zero-order valence-corrected chi connectivity index (χ0v) is 10.2. The lowest BCUT2D eigenvalue weighted by Gasteiger charge is -2.08. The molecule has 1 aliphatic carbocycles. The van der Waals surface area contributed by atoms with E-state index in [0.717, 1.165) is 5.69 Å². The van der Waals surface area contributed by atoms with Crippen LogP contribution in [-0.2, 0) is 6.54 Å². The summed E-state index contributed by atoms with van der Waals surface area (Å²) >= 11 is 0. The van der Waals surface area contributed by atoms with Crippen LogP contribution < -0.4 is 5.32 Å². The fourth-order valence-corrected chi connectivity index (χ4v) is 2.29. The van der Waals surface area contributed by atoms with Crippen LogP contribution in [0.1, 0.15) is 31.6 Å². The molecule has 2 heterocycles. The highest BCUT2D eigenvalue weighted by Gasteiger charge is 2.16. The van der Waals surface area contributed by atoms with E-state index in [2.05, 4.69) is 20.4 Å². The van der Waals surface area contributed by atoms with Gasteiger partial charge in [0.1, 0.15) is 5.69 Å². The summed E-state index contributed by atoms with van der Waals surface area (Å²) in [6.45, 7) is 0.643. The standard InChI is InChI=1S/C13H16N4O/c1-2-6-10(5-1)15-9-12-16-13(17-18-12)11-7-3-4-8-14-11/h3-4,7-8,10,15H,1-2,5-6,9H2. The Hall–Kier alpha value is -1.75. The number of hydrogen-bond donors (Lipinski definition) is 1. The highest BCUT2D eigenvalue weighted by molar-refractivity contribution is 5.46. The van der Waals surface area contributed by atoms with Crippen LogP contribution in [0.5, 0.6) is 0 Å². The van der Waals surface area contributed by atoms with E-state index >= 15 is 0 Å². The first-order valence-electron chi connectivity index (χ1n) is 6.39. The first-order chi connectivity index (χ1) is 8.92. The fraction of sp³-hybridized carbons (Fsp3) is 0.462. The van der Waals surface area contributed by atoms with Gasteiger partial charge in [-0.25, -0.2) is 0 Å². The number of nitrogens with one attached hydrogen (secondary N) is 1. The molecule has 0 saturated heterocycles. The number of nitrogens with zero attached hydrogens (tertiary/aromatic N) is 3. The molecule has 2 aromatic rings. The van der Waals surface area contributed by atoms with Crippen molar-refractivity contribution in [2.24, 2.45) is 0 Å². The SMILES string of the molecule is c1ccc(-c2noc(CNC3CCCC3)n2)nc1. The van der Waals surface area contributed by atoms with Gasteiger partial charge in [0.2, 0.25) is 11.7 Å². The molecule has 0 atom stereocenters. The van der Waals surface area contributed by atoms with Gasteiger partial charge in [0.25, 0.3) is 0 Å². The van der Waals surface area contributed by atoms with Gasteiger partial charge < -0.3 is 9.84 Å². The Bertz CT molecular complexity index is 491. The van der Waals surface area contributed by atoms with Crippen LogP contribution in [0.15, 0.2) is 28.9 Å². The molecule has 1 aliphatic rings.